The molecule has 2 N–H and O–H groups in total. The van der Waals surface area contributed by atoms with Crippen LogP contribution < -0.4 is 0 Å². The fraction of sp³-hybridized carbons (Fsp3) is 0.111. The summed E-state index contributed by atoms with van der Waals surface area (Å²) >= 11 is 11.7. The van der Waals surface area contributed by atoms with Crippen LogP contribution in [0.3, 0.4) is 0 Å². The van der Waals surface area contributed by atoms with Crippen LogP contribution in [0.1, 0.15) is 16.2 Å². The molecule has 2 rings (SSSR count). The molecule has 4 nitrogen and oxygen atoms in total. The monoisotopic (exact) mass is 244 g/mol. The Balaban J connectivity index is 2.85. The maximum atomic E-state index is 10.8. The van der Waals surface area contributed by atoms with Crippen LogP contribution in [0.2, 0.25) is 10.2 Å². The molecule has 0 amide bonds. The topological polar surface area (TPSA) is 66.0 Å². The highest BCUT2D eigenvalue weighted by atomic mass is 35.5. The van der Waals surface area contributed by atoms with Crippen molar-refractivity contribution in [2.75, 3.05) is 0 Å². The molecule has 2 aromatic heterocycles. The minimum absolute atomic E-state index is 0.0686. The highest BCUT2D eigenvalue weighted by Crippen LogP contribution is 2.31. The molecule has 0 aliphatic rings. The minimum atomic E-state index is -1.04. The van der Waals surface area contributed by atoms with Crippen molar-refractivity contribution in [3.8, 4) is 0 Å². The predicted octanol–water partition coefficient (Wildman–Crippen LogP) is 2.88. The fourth-order valence-electron chi connectivity index (χ4n) is 1.39. The van der Waals surface area contributed by atoms with Gasteiger partial charge in [0.1, 0.15) is 10.8 Å². The van der Waals surface area contributed by atoms with Gasteiger partial charge in [-0.15, -0.1) is 0 Å². The van der Waals surface area contributed by atoms with Crippen molar-refractivity contribution in [3.05, 3.63) is 27.6 Å². The number of hydrogen-bond acceptors (Lipinski definition) is 2. The van der Waals surface area contributed by atoms with Crippen LogP contribution >= 0.6 is 23.2 Å². The molecular weight excluding hydrogens is 239 g/mol. The number of hydrogen-bond donors (Lipinski definition) is 2. The first-order valence-electron chi connectivity index (χ1n) is 4.08. The first-order valence-corrected chi connectivity index (χ1v) is 4.84. The quantitative estimate of drug-likeness (QED) is 0.759. The second-order valence-corrected chi connectivity index (χ2v) is 3.81. The SMILES string of the molecule is Cc1nc(Cl)c(Cl)c2cc(C(=O)O)[nH]c12. The van der Waals surface area contributed by atoms with Crippen molar-refractivity contribution >= 4 is 40.1 Å². The van der Waals surface area contributed by atoms with Gasteiger partial charge in [-0.1, -0.05) is 23.2 Å². The molecule has 0 spiro atoms. The Morgan fingerprint density at radius 3 is 2.80 bits per heavy atom. The Bertz CT molecular complexity index is 563. The van der Waals surface area contributed by atoms with Gasteiger partial charge in [0.15, 0.2) is 0 Å². The zero-order valence-electron chi connectivity index (χ0n) is 7.64. The molecule has 0 fully saturated rings. The number of aromatic nitrogens is 2. The molecule has 2 aromatic rings. The van der Waals surface area contributed by atoms with Gasteiger partial charge in [0.2, 0.25) is 0 Å². The number of aryl methyl sites for hydroxylation is 1. The number of fused-ring (bicyclic) bond motifs is 1. The molecule has 0 unspecified atom stereocenters. The molecule has 0 aliphatic carbocycles. The number of carbonyl (C=O) groups is 1. The first-order chi connectivity index (χ1) is 7.00. The molecule has 15 heavy (non-hydrogen) atoms. The summed E-state index contributed by atoms with van der Waals surface area (Å²) in [7, 11) is 0. The molecule has 0 atom stereocenters. The summed E-state index contributed by atoms with van der Waals surface area (Å²) in [4.78, 5) is 17.5. The van der Waals surface area contributed by atoms with Gasteiger partial charge in [0, 0.05) is 5.39 Å². The number of carboxylic acids is 1. The van der Waals surface area contributed by atoms with Crippen LogP contribution in [0.5, 0.6) is 0 Å². The Hall–Kier alpha value is -1.26. The smallest absolute Gasteiger partial charge is 0.352 e. The van der Waals surface area contributed by atoms with Gasteiger partial charge >= 0.3 is 5.97 Å². The summed E-state index contributed by atoms with van der Waals surface area (Å²) in [6, 6.07) is 1.44. The maximum absolute atomic E-state index is 10.8. The van der Waals surface area contributed by atoms with E-state index in [2.05, 4.69) is 9.97 Å². The predicted molar refractivity (Wildman–Crippen MR) is 57.8 cm³/mol. The number of pyridine rings is 1. The molecule has 0 radical (unpaired) electrons. The standard InChI is InChI=1S/C9H6Cl2N2O2/c1-3-7-4(6(10)8(11)12-3)2-5(13-7)9(14)15/h2,13H,1H3,(H,14,15). The van der Waals surface area contributed by atoms with Crippen molar-refractivity contribution in [2.45, 2.75) is 6.92 Å². The molecule has 0 bridgehead atoms. The fourth-order valence-corrected chi connectivity index (χ4v) is 1.81. The molecule has 0 saturated heterocycles. The van der Waals surface area contributed by atoms with Crippen molar-refractivity contribution < 1.29 is 9.90 Å². The van der Waals surface area contributed by atoms with E-state index in [0.29, 0.717) is 16.6 Å². The highest BCUT2D eigenvalue weighted by Gasteiger charge is 2.14. The number of aromatic amines is 1. The number of halogens is 2. The van der Waals surface area contributed by atoms with Gasteiger partial charge in [-0.2, -0.15) is 0 Å². The number of H-pyrrole nitrogens is 1. The summed E-state index contributed by atoms with van der Waals surface area (Å²) in [5.41, 5.74) is 1.28. The van der Waals surface area contributed by atoms with E-state index in [1.54, 1.807) is 6.92 Å². The second kappa shape index (κ2) is 3.40. The zero-order valence-corrected chi connectivity index (χ0v) is 9.15. The van der Waals surface area contributed by atoms with E-state index < -0.39 is 5.97 Å². The Kier molecular flexibility index (Phi) is 2.32. The van der Waals surface area contributed by atoms with E-state index in [1.165, 1.54) is 6.07 Å². The van der Waals surface area contributed by atoms with Crippen molar-refractivity contribution in [3.63, 3.8) is 0 Å². The van der Waals surface area contributed by atoms with Crippen molar-refractivity contribution in [1.29, 1.82) is 0 Å². The number of aromatic carboxylic acids is 1. The zero-order chi connectivity index (χ0) is 11.2. The van der Waals surface area contributed by atoms with Gasteiger partial charge < -0.3 is 10.1 Å². The summed E-state index contributed by atoms with van der Waals surface area (Å²) < 4.78 is 0. The van der Waals surface area contributed by atoms with Crippen LogP contribution in [-0.2, 0) is 0 Å². The minimum Gasteiger partial charge on any atom is -0.477 e. The Morgan fingerprint density at radius 2 is 2.20 bits per heavy atom. The lowest BCUT2D eigenvalue weighted by molar-refractivity contribution is 0.0691. The van der Waals surface area contributed by atoms with E-state index in [0.717, 1.165) is 0 Å². The molecule has 0 saturated carbocycles. The molecule has 0 aromatic carbocycles. The van der Waals surface area contributed by atoms with Crippen LogP contribution in [0.25, 0.3) is 10.9 Å². The average molecular weight is 245 g/mol. The second-order valence-electron chi connectivity index (χ2n) is 3.08. The lowest BCUT2D eigenvalue weighted by Crippen LogP contribution is -1.95. The van der Waals surface area contributed by atoms with E-state index in [9.17, 15) is 4.79 Å². The Morgan fingerprint density at radius 1 is 1.53 bits per heavy atom. The van der Waals surface area contributed by atoms with Crippen LogP contribution in [0, 0.1) is 6.92 Å². The summed E-state index contributed by atoms with van der Waals surface area (Å²) in [5.74, 6) is -1.04. The maximum Gasteiger partial charge on any atom is 0.352 e. The molecule has 2 heterocycles. The van der Waals surface area contributed by atoms with Gasteiger partial charge in [0.25, 0.3) is 0 Å². The van der Waals surface area contributed by atoms with Gasteiger partial charge in [0.05, 0.1) is 16.2 Å². The van der Waals surface area contributed by atoms with Crippen LogP contribution in [0.4, 0.5) is 0 Å². The number of carboxylic acid groups (broad SMARTS) is 1. The number of nitrogens with one attached hydrogen (secondary N) is 1. The normalized spacial score (nSPS) is 10.9. The Labute approximate surface area is 94.8 Å². The number of rotatable bonds is 1. The third kappa shape index (κ3) is 1.56. The summed E-state index contributed by atoms with van der Waals surface area (Å²) in [6.45, 7) is 1.73. The van der Waals surface area contributed by atoms with E-state index in [4.69, 9.17) is 28.3 Å². The van der Waals surface area contributed by atoms with E-state index in [1.807, 2.05) is 0 Å². The largest absolute Gasteiger partial charge is 0.477 e. The molecule has 78 valence electrons. The lowest BCUT2D eigenvalue weighted by Gasteiger charge is -1.99. The molecule has 0 aliphatic heterocycles. The first kappa shape index (κ1) is 10.3. The van der Waals surface area contributed by atoms with Crippen molar-refractivity contribution in [2.24, 2.45) is 0 Å². The third-order valence-electron chi connectivity index (χ3n) is 2.09. The number of nitrogens with zero attached hydrogens (tertiary/aromatic N) is 1. The lowest BCUT2D eigenvalue weighted by atomic mass is 10.2. The highest BCUT2D eigenvalue weighted by molar-refractivity contribution is 6.44. The van der Waals surface area contributed by atoms with E-state index in [-0.39, 0.29) is 15.9 Å². The average Bonchev–Trinajstić information content (AvgIpc) is 2.59. The van der Waals surface area contributed by atoms with Crippen LogP contribution in [-0.4, -0.2) is 21.0 Å². The van der Waals surface area contributed by atoms with Crippen molar-refractivity contribution in [1.82, 2.24) is 9.97 Å². The van der Waals surface area contributed by atoms with Gasteiger partial charge in [-0.05, 0) is 13.0 Å². The van der Waals surface area contributed by atoms with Gasteiger partial charge in [-0.3, -0.25) is 0 Å². The molecular formula is C9H6Cl2N2O2. The van der Waals surface area contributed by atoms with Crippen LogP contribution in [0.15, 0.2) is 6.07 Å². The van der Waals surface area contributed by atoms with Gasteiger partial charge in [-0.25, -0.2) is 9.78 Å². The molecule has 6 heteroatoms. The summed E-state index contributed by atoms with van der Waals surface area (Å²) in [6.07, 6.45) is 0. The third-order valence-corrected chi connectivity index (χ3v) is 2.85. The summed E-state index contributed by atoms with van der Waals surface area (Å²) in [5, 5.41) is 9.83. The van der Waals surface area contributed by atoms with E-state index >= 15 is 0 Å².